The molecule has 3 rings (SSSR count). The average molecular weight is 262 g/mol. The van der Waals surface area contributed by atoms with Crippen molar-refractivity contribution in [3.63, 3.8) is 0 Å². The molecule has 4 nitrogen and oxygen atoms in total. The van der Waals surface area contributed by atoms with Gasteiger partial charge in [0.15, 0.2) is 5.78 Å². The molecule has 0 radical (unpaired) electrons. The fourth-order valence-corrected chi connectivity index (χ4v) is 3.25. The van der Waals surface area contributed by atoms with E-state index >= 15 is 0 Å². The molecular weight excluding hydrogens is 240 g/mol. The van der Waals surface area contributed by atoms with Crippen molar-refractivity contribution >= 4 is 5.78 Å². The van der Waals surface area contributed by atoms with Crippen LogP contribution in [0.25, 0.3) is 0 Å². The number of imidazole rings is 1. The van der Waals surface area contributed by atoms with Gasteiger partial charge in [0.2, 0.25) is 0 Å². The Kier molecular flexibility index (Phi) is 3.21. The molecule has 0 amide bonds. The van der Waals surface area contributed by atoms with E-state index in [0.717, 1.165) is 50.4 Å². The molecule has 0 saturated carbocycles. The monoisotopic (exact) mass is 262 g/mol. The van der Waals surface area contributed by atoms with Gasteiger partial charge in [0, 0.05) is 26.2 Å². The highest BCUT2D eigenvalue weighted by Crippen LogP contribution is 2.34. The van der Waals surface area contributed by atoms with Crippen molar-refractivity contribution < 1.29 is 9.53 Å². The summed E-state index contributed by atoms with van der Waals surface area (Å²) >= 11 is 0. The van der Waals surface area contributed by atoms with Crippen LogP contribution in [0, 0.1) is 11.3 Å². The minimum Gasteiger partial charge on any atom is -0.381 e. The lowest BCUT2D eigenvalue weighted by atomic mass is 9.77. The fraction of sp³-hybridized carbons (Fsp3) is 0.733. The van der Waals surface area contributed by atoms with Crippen LogP contribution >= 0.6 is 0 Å². The Labute approximate surface area is 114 Å². The second kappa shape index (κ2) is 4.75. The molecule has 0 unspecified atom stereocenters. The minimum atomic E-state index is 0.0575. The summed E-state index contributed by atoms with van der Waals surface area (Å²) in [6.45, 7) is 6.90. The van der Waals surface area contributed by atoms with Gasteiger partial charge in [-0.3, -0.25) is 4.79 Å². The molecule has 19 heavy (non-hydrogen) atoms. The van der Waals surface area contributed by atoms with Gasteiger partial charge in [0.1, 0.15) is 5.69 Å². The van der Waals surface area contributed by atoms with E-state index in [2.05, 4.69) is 23.4 Å². The number of fused-ring (bicyclic) bond motifs is 1. The predicted molar refractivity (Wildman–Crippen MR) is 72.2 cm³/mol. The third kappa shape index (κ3) is 2.59. The van der Waals surface area contributed by atoms with Crippen molar-refractivity contribution in [2.24, 2.45) is 11.3 Å². The molecule has 0 spiro atoms. The van der Waals surface area contributed by atoms with E-state index in [-0.39, 0.29) is 11.2 Å². The number of nitrogens with zero attached hydrogens (tertiary/aromatic N) is 2. The lowest BCUT2D eigenvalue weighted by Crippen LogP contribution is -2.29. The number of carbonyl (C=O) groups is 1. The van der Waals surface area contributed by atoms with Gasteiger partial charge in [0.25, 0.3) is 0 Å². The standard InChI is InChI=1S/C15H22N2O2/c1-15(2)7-12-14(13(18)8-15)17(10-16-12)9-11-3-5-19-6-4-11/h10-11H,3-9H2,1-2H3. The van der Waals surface area contributed by atoms with Crippen molar-refractivity contribution in [1.82, 2.24) is 9.55 Å². The van der Waals surface area contributed by atoms with Gasteiger partial charge in [0.05, 0.1) is 12.0 Å². The maximum absolute atomic E-state index is 12.3. The summed E-state index contributed by atoms with van der Waals surface area (Å²) in [5.41, 5.74) is 1.92. The van der Waals surface area contributed by atoms with E-state index in [4.69, 9.17) is 4.74 Å². The number of ether oxygens (including phenoxy) is 1. The molecule has 0 bridgehead atoms. The van der Waals surface area contributed by atoms with E-state index in [1.807, 2.05) is 6.33 Å². The van der Waals surface area contributed by atoms with Gasteiger partial charge >= 0.3 is 0 Å². The maximum atomic E-state index is 12.3. The molecule has 104 valence electrons. The van der Waals surface area contributed by atoms with Crippen molar-refractivity contribution in [1.29, 1.82) is 0 Å². The van der Waals surface area contributed by atoms with Crippen LogP contribution in [0.1, 0.15) is 49.3 Å². The molecule has 0 atom stereocenters. The highest BCUT2D eigenvalue weighted by molar-refractivity contribution is 5.97. The number of Topliss-reactive ketones (excluding diaryl/α,β-unsaturated/α-hetero) is 1. The second-order valence-electron chi connectivity index (χ2n) is 6.69. The molecule has 0 aromatic carbocycles. The Balaban J connectivity index is 1.81. The van der Waals surface area contributed by atoms with Crippen LogP contribution in [-0.2, 0) is 17.7 Å². The number of rotatable bonds is 2. The zero-order chi connectivity index (χ0) is 13.5. The third-order valence-electron chi connectivity index (χ3n) is 4.26. The van der Waals surface area contributed by atoms with Crippen LogP contribution in [-0.4, -0.2) is 28.5 Å². The molecule has 1 fully saturated rings. The topological polar surface area (TPSA) is 44.1 Å². The van der Waals surface area contributed by atoms with Gasteiger partial charge in [-0.25, -0.2) is 4.98 Å². The Morgan fingerprint density at radius 3 is 2.84 bits per heavy atom. The van der Waals surface area contributed by atoms with E-state index < -0.39 is 0 Å². The van der Waals surface area contributed by atoms with Crippen LogP contribution in [0.5, 0.6) is 0 Å². The molecular formula is C15H22N2O2. The van der Waals surface area contributed by atoms with Gasteiger partial charge in [-0.2, -0.15) is 0 Å². The summed E-state index contributed by atoms with van der Waals surface area (Å²) in [5.74, 6) is 0.880. The average Bonchev–Trinajstić information content (AvgIpc) is 2.72. The fourth-order valence-electron chi connectivity index (χ4n) is 3.25. The molecule has 0 N–H and O–H groups in total. The lowest BCUT2D eigenvalue weighted by molar-refractivity contribution is 0.0607. The molecule has 1 aromatic heterocycles. The molecule has 1 aliphatic heterocycles. The molecule has 2 heterocycles. The number of aromatic nitrogens is 2. The molecule has 1 aliphatic carbocycles. The summed E-state index contributed by atoms with van der Waals surface area (Å²) in [6.07, 6.45) is 5.59. The zero-order valence-corrected chi connectivity index (χ0v) is 11.8. The van der Waals surface area contributed by atoms with Gasteiger partial charge in [-0.05, 0) is 30.6 Å². The summed E-state index contributed by atoms with van der Waals surface area (Å²) in [7, 11) is 0. The van der Waals surface area contributed by atoms with Crippen molar-refractivity contribution in [3.05, 3.63) is 17.7 Å². The number of hydrogen-bond acceptors (Lipinski definition) is 3. The highest BCUT2D eigenvalue weighted by Gasteiger charge is 2.34. The van der Waals surface area contributed by atoms with E-state index in [0.29, 0.717) is 12.3 Å². The van der Waals surface area contributed by atoms with Crippen LogP contribution in [0.3, 0.4) is 0 Å². The van der Waals surface area contributed by atoms with E-state index in [1.54, 1.807) is 0 Å². The van der Waals surface area contributed by atoms with Crippen molar-refractivity contribution in [2.45, 2.75) is 46.1 Å². The first-order valence-electron chi connectivity index (χ1n) is 7.20. The predicted octanol–water partition coefficient (Wildman–Crippen LogP) is 2.46. The second-order valence-corrected chi connectivity index (χ2v) is 6.69. The quantitative estimate of drug-likeness (QED) is 0.822. The lowest BCUT2D eigenvalue weighted by Gasteiger charge is -2.29. The Morgan fingerprint density at radius 1 is 1.37 bits per heavy atom. The third-order valence-corrected chi connectivity index (χ3v) is 4.26. The number of hydrogen-bond donors (Lipinski definition) is 0. The minimum absolute atomic E-state index is 0.0575. The molecule has 4 heteroatoms. The Bertz CT molecular complexity index is 484. The summed E-state index contributed by atoms with van der Waals surface area (Å²) in [4.78, 5) is 16.8. The smallest absolute Gasteiger partial charge is 0.181 e. The summed E-state index contributed by atoms with van der Waals surface area (Å²) < 4.78 is 7.47. The zero-order valence-electron chi connectivity index (χ0n) is 11.8. The number of ketones is 1. The maximum Gasteiger partial charge on any atom is 0.181 e. The van der Waals surface area contributed by atoms with Crippen LogP contribution in [0.2, 0.25) is 0 Å². The van der Waals surface area contributed by atoms with Gasteiger partial charge in [-0.1, -0.05) is 13.8 Å². The van der Waals surface area contributed by atoms with Crippen molar-refractivity contribution in [2.75, 3.05) is 13.2 Å². The summed E-state index contributed by atoms with van der Waals surface area (Å²) in [5, 5.41) is 0. The van der Waals surface area contributed by atoms with Crippen LogP contribution in [0.4, 0.5) is 0 Å². The van der Waals surface area contributed by atoms with E-state index in [1.165, 1.54) is 0 Å². The highest BCUT2D eigenvalue weighted by atomic mass is 16.5. The Hall–Kier alpha value is -1.16. The first kappa shape index (κ1) is 12.9. The molecule has 1 aromatic rings. The molecule has 1 saturated heterocycles. The Morgan fingerprint density at radius 2 is 2.11 bits per heavy atom. The van der Waals surface area contributed by atoms with Crippen LogP contribution in [0.15, 0.2) is 6.33 Å². The number of carbonyl (C=O) groups excluding carboxylic acids is 1. The largest absolute Gasteiger partial charge is 0.381 e. The van der Waals surface area contributed by atoms with Crippen LogP contribution < -0.4 is 0 Å². The molecule has 2 aliphatic rings. The van der Waals surface area contributed by atoms with Gasteiger partial charge < -0.3 is 9.30 Å². The van der Waals surface area contributed by atoms with Crippen molar-refractivity contribution in [3.8, 4) is 0 Å². The first-order chi connectivity index (χ1) is 9.05. The normalized spacial score (nSPS) is 23.4. The first-order valence-corrected chi connectivity index (χ1v) is 7.20. The summed E-state index contributed by atoms with van der Waals surface area (Å²) in [6, 6.07) is 0. The SMILES string of the molecule is CC1(C)CC(=O)c2c(ncn2CC2CCOCC2)C1. The van der Waals surface area contributed by atoms with Gasteiger partial charge in [-0.15, -0.1) is 0 Å². The van der Waals surface area contributed by atoms with E-state index in [9.17, 15) is 4.79 Å².